The average molecular weight is 547 g/mol. The first kappa shape index (κ1) is 25.8. The van der Waals surface area contributed by atoms with Crippen molar-refractivity contribution in [1.29, 1.82) is 0 Å². The van der Waals surface area contributed by atoms with Gasteiger partial charge in [-0.05, 0) is 59.7 Å². The lowest BCUT2D eigenvalue weighted by atomic mass is 10.0. The van der Waals surface area contributed by atoms with Crippen LogP contribution in [0.15, 0.2) is 108 Å². The Hall–Kier alpha value is -5.50. The van der Waals surface area contributed by atoms with Crippen LogP contribution in [0.5, 0.6) is 11.5 Å². The van der Waals surface area contributed by atoms with E-state index < -0.39 is 18.5 Å². The van der Waals surface area contributed by atoms with Crippen molar-refractivity contribution in [3.8, 4) is 22.8 Å². The zero-order valence-corrected chi connectivity index (χ0v) is 21.9. The second-order valence-corrected chi connectivity index (χ2v) is 9.60. The molecule has 0 atom stereocenters. The molecule has 6 rings (SSSR count). The Bertz CT molecular complexity index is 1870. The number of carbonyl (C=O) groups is 2. The van der Waals surface area contributed by atoms with E-state index >= 15 is 0 Å². The summed E-state index contributed by atoms with van der Waals surface area (Å²) in [5.41, 5.74) is 10.3. The number of aromatic nitrogens is 1. The van der Waals surface area contributed by atoms with Crippen molar-refractivity contribution in [2.45, 2.75) is 13.2 Å². The number of rotatable bonds is 10. The molecule has 6 aromatic rings. The second kappa shape index (κ2) is 10.9. The fourth-order valence-electron chi connectivity index (χ4n) is 5.09. The average Bonchev–Trinajstić information content (AvgIpc) is 3.63. The van der Waals surface area contributed by atoms with Crippen molar-refractivity contribution < 1.29 is 28.6 Å². The van der Waals surface area contributed by atoms with Crippen LogP contribution in [-0.2, 0) is 17.9 Å². The molecule has 2 heterocycles. The Morgan fingerprint density at radius 3 is 2.37 bits per heavy atom. The molecule has 8 heteroatoms. The normalized spacial score (nSPS) is 11.1. The number of hydrogen-bond acceptors (Lipinski definition) is 5. The lowest BCUT2D eigenvalue weighted by molar-refractivity contribution is -0.139. The fraction of sp³-hybridized carbons (Fsp3) is 0.0909. The number of nitrogens with zero attached hydrogens (tertiary/aromatic N) is 1. The zero-order chi connectivity index (χ0) is 28.3. The molecule has 0 saturated heterocycles. The van der Waals surface area contributed by atoms with Crippen LogP contribution in [-0.4, -0.2) is 28.2 Å². The highest BCUT2D eigenvalue weighted by atomic mass is 16.5. The van der Waals surface area contributed by atoms with Crippen LogP contribution in [0.25, 0.3) is 33.1 Å². The van der Waals surface area contributed by atoms with Crippen LogP contribution in [0.2, 0.25) is 0 Å². The molecule has 0 aliphatic heterocycles. The predicted molar refractivity (Wildman–Crippen MR) is 155 cm³/mol. The summed E-state index contributed by atoms with van der Waals surface area (Å²) in [6.45, 7) is 0.325. The van der Waals surface area contributed by atoms with E-state index in [1.54, 1.807) is 30.5 Å². The minimum absolute atomic E-state index is 0.314. The van der Waals surface area contributed by atoms with Crippen molar-refractivity contribution in [3.63, 3.8) is 0 Å². The van der Waals surface area contributed by atoms with E-state index in [0.717, 1.165) is 27.9 Å². The van der Waals surface area contributed by atoms with Crippen LogP contribution in [0.4, 0.5) is 0 Å². The minimum Gasteiger partial charge on any atom is -0.489 e. The molecule has 0 aliphatic carbocycles. The third-order valence-electron chi connectivity index (χ3n) is 6.87. The molecule has 0 aliphatic rings. The van der Waals surface area contributed by atoms with Gasteiger partial charge in [0, 0.05) is 23.1 Å². The topological polar surface area (TPSA) is 117 Å². The summed E-state index contributed by atoms with van der Waals surface area (Å²) >= 11 is 0. The van der Waals surface area contributed by atoms with Crippen LogP contribution in [0, 0.1) is 0 Å². The summed E-state index contributed by atoms with van der Waals surface area (Å²) < 4.78 is 19.6. The van der Waals surface area contributed by atoms with Gasteiger partial charge >= 0.3 is 5.97 Å². The molecule has 0 fully saturated rings. The molecule has 0 unspecified atom stereocenters. The molecule has 0 radical (unpaired) electrons. The Morgan fingerprint density at radius 1 is 0.805 bits per heavy atom. The first-order valence-corrected chi connectivity index (χ1v) is 13.0. The fourth-order valence-corrected chi connectivity index (χ4v) is 5.09. The molecular weight excluding hydrogens is 520 g/mol. The van der Waals surface area contributed by atoms with Gasteiger partial charge < -0.3 is 29.3 Å². The van der Waals surface area contributed by atoms with E-state index in [4.69, 9.17) is 19.6 Å². The molecule has 3 N–H and O–H groups in total. The van der Waals surface area contributed by atoms with Crippen molar-refractivity contribution >= 4 is 33.7 Å². The third kappa shape index (κ3) is 5.23. The van der Waals surface area contributed by atoms with E-state index in [1.165, 1.54) is 0 Å². The molecule has 41 heavy (non-hydrogen) atoms. The highest BCUT2D eigenvalue weighted by Gasteiger charge is 2.22. The molecule has 0 spiro atoms. The molecule has 0 saturated carbocycles. The molecule has 4 aromatic carbocycles. The van der Waals surface area contributed by atoms with Gasteiger partial charge in [0.05, 0.1) is 22.7 Å². The summed E-state index contributed by atoms with van der Waals surface area (Å²) in [7, 11) is 0. The van der Waals surface area contributed by atoms with E-state index in [-0.39, 0.29) is 0 Å². The number of carboxylic acids is 1. The van der Waals surface area contributed by atoms with Gasteiger partial charge in [-0.2, -0.15) is 0 Å². The first-order chi connectivity index (χ1) is 20.0. The van der Waals surface area contributed by atoms with Gasteiger partial charge in [0.1, 0.15) is 23.9 Å². The van der Waals surface area contributed by atoms with Gasteiger partial charge in [0.2, 0.25) is 5.91 Å². The van der Waals surface area contributed by atoms with Gasteiger partial charge in [0.15, 0.2) is 6.61 Å². The van der Waals surface area contributed by atoms with Crippen molar-refractivity contribution in [1.82, 2.24) is 4.57 Å². The predicted octanol–water partition coefficient (Wildman–Crippen LogP) is 6.24. The highest BCUT2D eigenvalue weighted by molar-refractivity contribution is 6.20. The van der Waals surface area contributed by atoms with E-state index in [1.807, 2.05) is 72.8 Å². The SMILES string of the molecule is NC(=O)c1cccc2c1c1c(OCC(=O)O)cc(-c3ccco3)cc1n2Cc1cccc(OCc2ccccc2)c1. The number of fused-ring (bicyclic) bond motifs is 3. The van der Waals surface area contributed by atoms with Gasteiger partial charge in [-0.15, -0.1) is 0 Å². The number of ether oxygens (including phenoxy) is 2. The maximum atomic E-state index is 12.5. The Labute approximate surface area is 235 Å². The summed E-state index contributed by atoms with van der Waals surface area (Å²) in [4.78, 5) is 24.0. The van der Waals surface area contributed by atoms with E-state index in [9.17, 15) is 14.7 Å². The summed E-state index contributed by atoms with van der Waals surface area (Å²) in [6, 6.07) is 30.4. The molecule has 8 nitrogen and oxygen atoms in total. The van der Waals surface area contributed by atoms with Crippen LogP contribution < -0.4 is 15.2 Å². The van der Waals surface area contributed by atoms with Gasteiger partial charge in [0.25, 0.3) is 0 Å². The molecule has 1 amide bonds. The molecular formula is C33H26N2O6. The number of primary amides is 1. The van der Waals surface area contributed by atoms with Crippen molar-refractivity contribution in [2.75, 3.05) is 6.61 Å². The molecule has 0 bridgehead atoms. The van der Waals surface area contributed by atoms with Crippen LogP contribution in [0.3, 0.4) is 0 Å². The summed E-state index contributed by atoms with van der Waals surface area (Å²) in [6.07, 6.45) is 1.57. The lowest BCUT2D eigenvalue weighted by Crippen LogP contribution is -2.11. The Kier molecular flexibility index (Phi) is 6.87. The standard InChI is InChI=1S/C33H26N2O6/c34-33(38)25-11-5-12-26-31(25)32-27(16-23(28-13-6-14-39-28)17-29(32)41-20-30(36)37)35(26)18-22-9-4-10-24(15-22)40-19-21-7-2-1-3-8-21/h1-17H,18-20H2,(H2,34,38)(H,36,37). The molecule has 2 aromatic heterocycles. The largest absolute Gasteiger partial charge is 0.489 e. The number of hydrogen-bond donors (Lipinski definition) is 2. The second-order valence-electron chi connectivity index (χ2n) is 9.60. The van der Waals surface area contributed by atoms with Crippen molar-refractivity contribution in [2.24, 2.45) is 5.73 Å². The zero-order valence-electron chi connectivity index (χ0n) is 21.9. The summed E-state index contributed by atoms with van der Waals surface area (Å²) in [5, 5.41) is 10.6. The number of amides is 1. The Morgan fingerprint density at radius 2 is 1.61 bits per heavy atom. The molecule has 204 valence electrons. The number of furan rings is 1. The van der Waals surface area contributed by atoms with Crippen LogP contribution in [0.1, 0.15) is 21.5 Å². The number of carbonyl (C=O) groups excluding carboxylic acids is 1. The van der Waals surface area contributed by atoms with Crippen molar-refractivity contribution in [3.05, 3.63) is 120 Å². The highest BCUT2D eigenvalue weighted by Crippen LogP contribution is 2.41. The quantitative estimate of drug-likeness (QED) is 0.210. The van der Waals surface area contributed by atoms with E-state index in [2.05, 4.69) is 4.57 Å². The smallest absolute Gasteiger partial charge is 0.341 e. The number of carboxylic acid groups (broad SMARTS) is 1. The minimum atomic E-state index is -1.12. The number of aliphatic carboxylic acids is 1. The monoisotopic (exact) mass is 546 g/mol. The van der Waals surface area contributed by atoms with Crippen LogP contribution >= 0.6 is 0 Å². The third-order valence-corrected chi connectivity index (χ3v) is 6.87. The summed E-state index contributed by atoms with van der Waals surface area (Å²) in [5.74, 6) is -0.0753. The van der Waals surface area contributed by atoms with E-state index in [0.29, 0.717) is 46.6 Å². The number of benzene rings is 4. The maximum absolute atomic E-state index is 12.5. The lowest BCUT2D eigenvalue weighted by Gasteiger charge is -2.12. The van der Waals surface area contributed by atoms with Gasteiger partial charge in [-0.3, -0.25) is 4.79 Å². The Balaban J connectivity index is 1.50. The van der Waals surface area contributed by atoms with Gasteiger partial charge in [-0.1, -0.05) is 48.5 Å². The first-order valence-electron chi connectivity index (χ1n) is 13.0. The van der Waals surface area contributed by atoms with Gasteiger partial charge in [-0.25, -0.2) is 4.79 Å². The number of nitrogens with two attached hydrogens (primary N) is 1. The maximum Gasteiger partial charge on any atom is 0.341 e.